The van der Waals surface area contributed by atoms with E-state index in [9.17, 15) is 13.6 Å². The summed E-state index contributed by atoms with van der Waals surface area (Å²) in [6.07, 6.45) is 2.83. The fourth-order valence-electron chi connectivity index (χ4n) is 1.39. The van der Waals surface area contributed by atoms with Crippen LogP contribution in [-0.4, -0.2) is 31.6 Å². The van der Waals surface area contributed by atoms with Crippen LogP contribution >= 0.6 is 11.8 Å². The Kier molecular flexibility index (Phi) is 5.91. The van der Waals surface area contributed by atoms with Gasteiger partial charge in [0.2, 0.25) is 0 Å². The number of ether oxygens (including phenoxy) is 1. The van der Waals surface area contributed by atoms with E-state index in [1.54, 1.807) is 11.8 Å². The van der Waals surface area contributed by atoms with Crippen LogP contribution in [0.5, 0.6) is 0 Å². The first kappa shape index (κ1) is 14.8. The number of rotatable bonds is 6. The molecule has 1 aromatic rings. The highest BCUT2D eigenvalue weighted by Gasteiger charge is 2.16. The monoisotopic (exact) mass is 275 g/mol. The summed E-state index contributed by atoms with van der Waals surface area (Å²) >= 11 is 1.69. The maximum atomic E-state index is 13.4. The second kappa shape index (κ2) is 7.20. The van der Waals surface area contributed by atoms with Gasteiger partial charge in [0.05, 0.1) is 18.4 Å². The van der Waals surface area contributed by atoms with Crippen LogP contribution in [-0.2, 0) is 4.74 Å². The Labute approximate surface area is 109 Å². The molecule has 0 atom stereocenters. The second-order valence-electron chi connectivity index (χ2n) is 3.58. The molecule has 0 heterocycles. The molecule has 18 heavy (non-hydrogen) atoms. The first-order valence-electron chi connectivity index (χ1n) is 5.40. The quantitative estimate of drug-likeness (QED) is 0.640. The molecule has 0 unspecified atom stereocenters. The number of carbonyl (C=O) groups excluding carboxylic acids is 1. The van der Waals surface area contributed by atoms with Crippen LogP contribution in [0.1, 0.15) is 16.8 Å². The van der Waals surface area contributed by atoms with E-state index in [4.69, 9.17) is 0 Å². The lowest BCUT2D eigenvalue weighted by Crippen LogP contribution is -2.09. The number of benzene rings is 1. The molecule has 1 rings (SSSR count). The maximum absolute atomic E-state index is 13.4. The van der Waals surface area contributed by atoms with Gasteiger partial charge in [-0.3, -0.25) is 0 Å². The van der Waals surface area contributed by atoms with Crippen LogP contribution in [0.3, 0.4) is 0 Å². The molecule has 0 saturated heterocycles. The number of anilines is 1. The van der Waals surface area contributed by atoms with E-state index in [2.05, 4.69) is 10.1 Å². The molecule has 0 saturated carbocycles. The van der Waals surface area contributed by atoms with Crippen LogP contribution in [0.25, 0.3) is 0 Å². The maximum Gasteiger partial charge on any atom is 0.340 e. The molecule has 0 fully saturated rings. The highest BCUT2D eigenvalue weighted by atomic mass is 32.2. The van der Waals surface area contributed by atoms with E-state index in [-0.39, 0.29) is 11.3 Å². The highest BCUT2D eigenvalue weighted by molar-refractivity contribution is 7.98. The zero-order chi connectivity index (χ0) is 13.5. The van der Waals surface area contributed by atoms with Gasteiger partial charge in [-0.15, -0.1) is 0 Å². The van der Waals surface area contributed by atoms with Gasteiger partial charge in [0, 0.05) is 12.6 Å². The number of hydrogen-bond acceptors (Lipinski definition) is 4. The molecule has 0 aliphatic rings. The number of methoxy groups -OCH3 is 1. The Morgan fingerprint density at radius 1 is 1.39 bits per heavy atom. The molecule has 0 aromatic heterocycles. The SMILES string of the molecule is COC(=O)c1cc(NCCCSC)c(F)cc1F. The predicted octanol–water partition coefficient (Wildman–Crippen LogP) is 2.92. The highest BCUT2D eigenvalue weighted by Crippen LogP contribution is 2.20. The molecule has 3 nitrogen and oxygen atoms in total. The van der Waals surface area contributed by atoms with Crippen LogP contribution in [0, 0.1) is 11.6 Å². The summed E-state index contributed by atoms with van der Waals surface area (Å²) in [4.78, 5) is 11.3. The minimum atomic E-state index is -0.922. The normalized spacial score (nSPS) is 10.2. The van der Waals surface area contributed by atoms with Crippen molar-refractivity contribution in [1.82, 2.24) is 0 Å². The lowest BCUT2D eigenvalue weighted by Gasteiger charge is -2.09. The van der Waals surface area contributed by atoms with Gasteiger partial charge < -0.3 is 10.1 Å². The van der Waals surface area contributed by atoms with E-state index in [0.29, 0.717) is 12.6 Å². The summed E-state index contributed by atoms with van der Waals surface area (Å²) in [6.45, 7) is 0.560. The summed E-state index contributed by atoms with van der Waals surface area (Å²) < 4.78 is 31.2. The zero-order valence-electron chi connectivity index (χ0n) is 10.3. The average molecular weight is 275 g/mol. The molecular formula is C12H15F2NO2S. The minimum absolute atomic E-state index is 0.109. The third-order valence-electron chi connectivity index (χ3n) is 2.30. The van der Waals surface area contributed by atoms with Gasteiger partial charge in [0.15, 0.2) is 0 Å². The van der Waals surface area contributed by atoms with Crippen molar-refractivity contribution in [3.63, 3.8) is 0 Å². The minimum Gasteiger partial charge on any atom is -0.465 e. The standard InChI is InChI=1S/C12H15F2NO2S/c1-17-12(16)8-6-11(10(14)7-9(8)13)15-4-3-5-18-2/h6-7,15H,3-5H2,1-2H3. The van der Waals surface area contributed by atoms with Crippen molar-refractivity contribution in [2.45, 2.75) is 6.42 Å². The molecule has 1 N–H and O–H groups in total. The van der Waals surface area contributed by atoms with Gasteiger partial charge in [-0.05, 0) is 24.5 Å². The lowest BCUT2D eigenvalue weighted by atomic mass is 10.1. The zero-order valence-corrected chi connectivity index (χ0v) is 11.1. The Hall–Kier alpha value is -1.30. The summed E-state index contributed by atoms with van der Waals surface area (Å²) in [5, 5.41) is 2.83. The van der Waals surface area contributed by atoms with E-state index >= 15 is 0 Å². The average Bonchev–Trinajstić information content (AvgIpc) is 2.36. The van der Waals surface area contributed by atoms with Crippen LogP contribution in [0.2, 0.25) is 0 Å². The predicted molar refractivity (Wildman–Crippen MR) is 69.2 cm³/mol. The number of carbonyl (C=O) groups is 1. The van der Waals surface area contributed by atoms with Crippen molar-refractivity contribution >= 4 is 23.4 Å². The number of halogens is 2. The molecule has 0 bridgehead atoms. The first-order valence-corrected chi connectivity index (χ1v) is 6.79. The van der Waals surface area contributed by atoms with Crippen molar-refractivity contribution in [2.24, 2.45) is 0 Å². The fraction of sp³-hybridized carbons (Fsp3) is 0.417. The number of hydrogen-bond donors (Lipinski definition) is 1. The molecule has 0 amide bonds. The van der Waals surface area contributed by atoms with Crippen molar-refractivity contribution in [3.8, 4) is 0 Å². The summed E-state index contributed by atoms with van der Waals surface area (Å²) in [7, 11) is 1.15. The Balaban J connectivity index is 2.81. The van der Waals surface area contributed by atoms with Crippen LogP contribution < -0.4 is 5.32 Å². The van der Waals surface area contributed by atoms with Crippen molar-refractivity contribution in [2.75, 3.05) is 31.0 Å². The third kappa shape index (κ3) is 3.87. The van der Waals surface area contributed by atoms with E-state index in [0.717, 1.165) is 25.3 Å². The fourth-order valence-corrected chi connectivity index (χ4v) is 1.82. The molecule has 1 aromatic carbocycles. The summed E-state index contributed by atoms with van der Waals surface area (Å²) in [5.41, 5.74) is -0.163. The van der Waals surface area contributed by atoms with Crippen LogP contribution in [0.15, 0.2) is 12.1 Å². The van der Waals surface area contributed by atoms with Crippen molar-refractivity contribution in [3.05, 3.63) is 29.3 Å². The van der Waals surface area contributed by atoms with Gasteiger partial charge >= 0.3 is 5.97 Å². The Morgan fingerprint density at radius 3 is 2.72 bits per heavy atom. The number of nitrogens with one attached hydrogen (secondary N) is 1. The largest absolute Gasteiger partial charge is 0.465 e. The van der Waals surface area contributed by atoms with Crippen molar-refractivity contribution in [1.29, 1.82) is 0 Å². The summed E-state index contributed by atoms with van der Waals surface area (Å²) in [6, 6.07) is 1.82. The third-order valence-corrected chi connectivity index (χ3v) is 3.00. The summed E-state index contributed by atoms with van der Waals surface area (Å²) in [5.74, 6) is -1.52. The second-order valence-corrected chi connectivity index (χ2v) is 4.56. The lowest BCUT2D eigenvalue weighted by molar-refractivity contribution is 0.0595. The Morgan fingerprint density at radius 2 is 2.11 bits per heavy atom. The topological polar surface area (TPSA) is 38.3 Å². The van der Waals surface area contributed by atoms with Crippen LogP contribution in [0.4, 0.5) is 14.5 Å². The van der Waals surface area contributed by atoms with Crippen molar-refractivity contribution < 1.29 is 18.3 Å². The molecule has 6 heteroatoms. The molecule has 0 aliphatic heterocycles. The van der Waals surface area contributed by atoms with E-state index in [1.165, 1.54) is 0 Å². The van der Waals surface area contributed by atoms with E-state index in [1.807, 2.05) is 6.26 Å². The van der Waals surface area contributed by atoms with E-state index < -0.39 is 17.6 Å². The van der Waals surface area contributed by atoms with Gasteiger partial charge in [0.1, 0.15) is 11.6 Å². The van der Waals surface area contributed by atoms with Gasteiger partial charge in [-0.1, -0.05) is 0 Å². The van der Waals surface area contributed by atoms with Gasteiger partial charge in [-0.2, -0.15) is 11.8 Å². The van der Waals surface area contributed by atoms with Gasteiger partial charge in [0.25, 0.3) is 0 Å². The molecular weight excluding hydrogens is 260 g/mol. The molecule has 0 spiro atoms. The number of thioether (sulfide) groups is 1. The smallest absolute Gasteiger partial charge is 0.340 e. The Bertz CT molecular complexity index is 427. The van der Waals surface area contributed by atoms with Gasteiger partial charge in [-0.25, -0.2) is 13.6 Å². The molecule has 0 aliphatic carbocycles. The molecule has 100 valence electrons. The molecule has 0 radical (unpaired) electrons. The number of esters is 1. The first-order chi connectivity index (χ1) is 8.60.